The Hall–Kier alpha value is -2.37. The van der Waals surface area contributed by atoms with Crippen molar-refractivity contribution in [2.75, 3.05) is 5.73 Å². The Morgan fingerprint density at radius 2 is 2.11 bits per heavy atom. The van der Waals surface area contributed by atoms with E-state index in [2.05, 4.69) is 5.10 Å². The monoisotopic (exact) mass is 244 g/mol. The van der Waals surface area contributed by atoms with Gasteiger partial charge in [-0.15, -0.1) is 0 Å². The summed E-state index contributed by atoms with van der Waals surface area (Å²) in [6.07, 6.45) is 3.69. The molecule has 0 unspecified atom stereocenters. The van der Waals surface area contributed by atoms with Crippen LogP contribution in [0.25, 0.3) is 5.69 Å². The fraction of sp³-hybridized carbons (Fsp3) is 0.250. The maximum atomic E-state index is 11.0. The molecule has 92 valence electrons. The zero-order chi connectivity index (χ0) is 12.7. The molecule has 0 radical (unpaired) electrons. The highest BCUT2D eigenvalue weighted by molar-refractivity contribution is 5.56. The number of benzene rings is 1. The molecular weight excluding hydrogens is 232 g/mol. The third kappa shape index (κ3) is 1.62. The van der Waals surface area contributed by atoms with Crippen LogP contribution in [0.15, 0.2) is 30.5 Å². The zero-order valence-electron chi connectivity index (χ0n) is 9.61. The summed E-state index contributed by atoms with van der Waals surface area (Å²) in [7, 11) is 0. The fourth-order valence-corrected chi connectivity index (χ4v) is 2.13. The van der Waals surface area contributed by atoms with Gasteiger partial charge in [0.15, 0.2) is 0 Å². The first-order valence-electron chi connectivity index (χ1n) is 5.75. The van der Waals surface area contributed by atoms with E-state index in [1.54, 1.807) is 29.1 Å². The molecule has 6 heteroatoms. The molecule has 1 aromatic carbocycles. The summed E-state index contributed by atoms with van der Waals surface area (Å²) in [5, 5.41) is 15.2. The lowest BCUT2D eigenvalue weighted by Crippen LogP contribution is -2.05. The topological polar surface area (TPSA) is 87.0 Å². The minimum atomic E-state index is -0.399. The molecule has 0 spiro atoms. The second kappa shape index (κ2) is 3.83. The van der Waals surface area contributed by atoms with Gasteiger partial charge in [-0.2, -0.15) is 5.10 Å². The quantitative estimate of drug-likeness (QED) is 0.662. The van der Waals surface area contributed by atoms with Crippen molar-refractivity contribution in [1.82, 2.24) is 9.78 Å². The molecular formula is C12H12N4O2. The van der Waals surface area contributed by atoms with E-state index in [0.717, 1.165) is 18.5 Å². The van der Waals surface area contributed by atoms with Gasteiger partial charge in [-0.1, -0.05) is 12.1 Å². The first kappa shape index (κ1) is 10.8. The van der Waals surface area contributed by atoms with Crippen molar-refractivity contribution in [3.05, 3.63) is 46.3 Å². The maximum absolute atomic E-state index is 11.0. The number of nitrogens with zero attached hydrogens (tertiary/aromatic N) is 3. The molecule has 1 fully saturated rings. The Morgan fingerprint density at radius 3 is 2.78 bits per heavy atom. The van der Waals surface area contributed by atoms with Crippen LogP contribution in [0.3, 0.4) is 0 Å². The average molecular weight is 244 g/mol. The number of nitro groups is 1. The van der Waals surface area contributed by atoms with Crippen molar-refractivity contribution in [3.63, 3.8) is 0 Å². The fourth-order valence-electron chi connectivity index (χ4n) is 2.13. The summed E-state index contributed by atoms with van der Waals surface area (Å²) >= 11 is 0. The van der Waals surface area contributed by atoms with E-state index in [4.69, 9.17) is 5.73 Å². The van der Waals surface area contributed by atoms with E-state index < -0.39 is 4.92 Å². The van der Waals surface area contributed by atoms with Crippen molar-refractivity contribution in [3.8, 4) is 5.69 Å². The van der Waals surface area contributed by atoms with Crippen molar-refractivity contribution in [1.29, 1.82) is 0 Å². The predicted octanol–water partition coefficient (Wildman–Crippen LogP) is 2.24. The molecule has 2 aromatic rings. The summed E-state index contributed by atoms with van der Waals surface area (Å²) in [5.41, 5.74) is 7.91. The van der Waals surface area contributed by atoms with Crippen LogP contribution in [-0.4, -0.2) is 14.7 Å². The van der Waals surface area contributed by atoms with E-state index in [9.17, 15) is 10.1 Å². The van der Waals surface area contributed by atoms with E-state index >= 15 is 0 Å². The minimum Gasteiger partial charge on any atom is -0.396 e. The van der Waals surface area contributed by atoms with Gasteiger partial charge in [0.25, 0.3) is 5.69 Å². The molecule has 6 nitrogen and oxygen atoms in total. The number of aromatic nitrogens is 2. The molecule has 0 bridgehead atoms. The maximum Gasteiger partial charge on any atom is 0.294 e. The van der Waals surface area contributed by atoms with Crippen LogP contribution < -0.4 is 5.73 Å². The molecule has 1 saturated carbocycles. The number of nitrogen functional groups attached to an aromatic ring is 1. The Labute approximate surface area is 103 Å². The minimum absolute atomic E-state index is 0.0440. The van der Waals surface area contributed by atoms with E-state index in [0.29, 0.717) is 17.3 Å². The number of hydrogen-bond acceptors (Lipinski definition) is 4. The van der Waals surface area contributed by atoms with Crippen molar-refractivity contribution in [2.45, 2.75) is 18.8 Å². The van der Waals surface area contributed by atoms with Gasteiger partial charge >= 0.3 is 0 Å². The highest BCUT2D eigenvalue weighted by atomic mass is 16.6. The number of hydrogen-bond donors (Lipinski definition) is 1. The number of nitrogens with two attached hydrogens (primary N) is 1. The molecule has 3 rings (SSSR count). The molecule has 1 aliphatic rings. The summed E-state index contributed by atoms with van der Waals surface area (Å²) < 4.78 is 1.60. The summed E-state index contributed by atoms with van der Waals surface area (Å²) in [6, 6.07) is 6.57. The molecule has 18 heavy (non-hydrogen) atoms. The van der Waals surface area contributed by atoms with Gasteiger partial charge < -0.3 is 5.73 Å². The van der Waals surface area contributed by atoms with Gasteiger partial charge in [0.1, 0.15) is 5.69 Å². The van der Waals surface area contributed by atoms with Crippen LogP contribution in [0.4, 0.5) is 11.4 Å². The van der Waals surface area contributed by atoms with Gasteiger partial charge in [-0.25, -0.2) is 4.68 Å². The van der Waals surface area contributed by atoms with Gasteiger partial charge in [0.2, 0.25) is 0 Å². The molecule has 1 heterocycles. The molecule has 1 aliphatic carbocycles. The SMILES string of the molecule is Nc1cnn(-c2ccccc2[N+](=O)[O-])c1C1CC1. The molecule has 0 atom stereocenters. The van der Waals surface area contributed by atoms with Crippen LogP contribution in [0.1, 0.15) is 24.5 Å². The Morgan fingerprint density at radius 1 is 1.39 bits per heavy atom. The van der Waals surface area contributed by atoms with Crippen molar-refractivity contribution in [2.24, 2.45) is 0 Å². The van der Waals surface area contributed by atoms with Gasteiger partial charge in [0, 0.05) is 12.0 Å². The number of nitro benzene ring substituents is 1. The highest BCUT2D eigenvalue weighted by Crippen LogP contribution is 2.44. The molecule has 0 amide bonds. The van der Waals surface area contributed by atoms with E-state index in [1.165, 1.54) is 6.07 Å². The number of para-hydroxylation sites is 2. The number of anilines is 1. The van der Waals surface area contributed by atoms with Crippen LogP contribution in [0.2, 0.25) is 0 Å². The van der Waals surface area contributed by atoms with Crippen molar-refractivity contribution >= 4 is 11.4 Å². The number of rotatable bonds is 3. The molecule has 1 aromatic heterocycles. The second-order valence-electron chi connectivity index (χ2n) is 4.42. The third-order valence-electron chi connectivity index (χ3n) is 3.11. The summed E-state index contributed by atoms with van der Waals surface area (Å²) in [6.45, 7) is 0. The Bertz CT molecular complexity index is 616. The van der Waals surface area contributed by atoms with Crippen LogP contribution in [0.5, 0.6) is 0 Å². The average Bonchev–Trinajstić information content (AvgIpc) is 3.12. The Kier molecular flexibility index (Phi) is 2.29. The first-order valence-corrected chi connectivity index (χ1v) is 5.75. The largest absolute Gasteiger partial charge is 0.396 e. The van der Waals surface area contributed by atoms with Crippen molar-refractivity contribution < 1.29 is 4.92 Å². The predicted molar refractivity (Wildman–Crippen MR) is 66.6 cm³/mol. The molecule has 0 aliphatic heterocycles. The highest BCUT2D eigenvalue weighted by Gasteiger charge is 2.31. The van der Waals surface area contributed by atoms with Crippen LogP contribution >= 0.6 is 0 Å². The lowest BCUT2D eigenvalue weighted by molar-refractivity contribution is -0.384. The van der Waals surface area contributed by atoms with Crippen LogP contribution in [0, 0.1) is 10.1 Å². The van der Waals surface area contributed by atoms with Crippen LogP contribution in [-0.2, 0) is 0 Å². The third-order valence-corrected chi connectivity index (χ3v) is 3.11. The zero-order valence-corrected chi connectivity index (χ0v) is 9.61. The normalized spacial score (nSPS) is 14.7. The molecule has 0 saturated heterocycles. The van der Waals surface area contributed by atoms with E-state index in [1.807, 2.05) is 0 Å². The van der Waals surface area contributed by atoms with E-state index in [-0.39, 0.29) is 5.69 Å². The lowest BCUT2D eigenvalue weighted by Gasteiger charge is -2.07. The second-order valence-corrected chi connectivity index (χ2v) is 4.42. The Balaban J connectivity index is 2.18. The summed E-state index contributed by atoms with van der Waals surface area (Å²) in [5.74, 6) is 0.382. The van der Waals surface area contributed by atoms with Gasteiger partial charge in [-0.05, 0) is 18.9 Å². The smallest absolute Gasteiger partial charge is 0.294 e. The standard InChI is InChI=1S/C12H12N4O2/c13-9-7-14-15(12(9)8-5-6-8)10-3-1-2-4-11(10)16(17)18/h1-4,7-8H,5-6,13H2. The molecule has 2 N–H and O–H groups in total. The first-order chi connectivity index (χ1) is 8.68. The van der Waals surface area contributed by atoms with Gasteiger partial charge in [-0.3, -0.25) is 10.1 Å². The summed E-state index contributed by atoms with van der Waals surface area (Å²) in [4.78, 5) is 10.6. The lowest BCUT2D eigenvalue weighted by atomic mass is 10.2. The van der Waals surface area contributed by atoms with Gasteiger partial charge in [0.05, 0.1) is 22.5 Å².